The second-order valence-corrected chi connectivity index (χ2v) is 6.13. The maximum atomic E-state index is 12.7. The molecule has 0 aromatic heterocycles. The van der Waals surface area contributed by atoms with E-state index in [1.807, 2.05) is 12.1 Å². The molecule has 0 aliphatic heterocycles. The number of carbonyl (C=O) groups is 1. The zero-order valence-corrected chi connectivity index (χ0v) is 15.1. The SMILES string of the molecule is CCN(CC)c1ccc2c(c1)-c1cc(N(CC)CC)ccc1C2=O. The van der Waals surface area contributed by atoms with E-state index >= 15 is 0 Å². The van der Waals surface area contributed by atoms with Crippen LogP contribution >= 0.6 is 0 Å². The van der Waals surface area contributed by atoms with E-state index in [1.54, 1.807) is 0 Å². The number of benzene rings is 2. The van der Waals surface area contributed by atoms with Gasteiger partial charge in [-0.2, -0.15) is 0 Å². The lowest BCUT2D eigenvalue weighted by Gasteiger charge is -2.22. The Morgan fingerprint density at radius 2 is 1.00 bits per heavy atom. The van der Waals surface area contributed by atoms with Crippen molar-refractivity contribution in [3.05, 3.63) is 47.5 Å². The quantitative estimate of drug-likeness (QED) is 0.663. The van der Waals surface area contributed by atoms with Crippen molar-refractivity contribution in [2.24, 2.45) is 0 Å². The first kappa shape index (κ1) is 16.6. The summed E-state index contributed by atoms with van der Waals surface area (Å²) in [5.74, 6) is 0.150. The standard InChI is InChI=1S/C21H26N2O/c1-5-22(6-2)15-9-11-17-19(13-15)20-14-16(23(7-3)8-4)10-12-18(20)21(17)24/h9-14H,5-8H2,1-4H3. The number of hydrogen-bond acceptors (Lipinski definition) is 3. The second kappa shape index (κ2) is 6.68. The van der Waals surface area contributed by atoms with Crippen molar-refractivity contribution in [2.75, 3.05) is 36.0 Å². The zero-order chi connectivity index (χ0) is 17.3. The maximum Gasteiger partial charge on any atom is 0.194 e. The lowest BCUT2D eigenvalue weighted by atomic mass is 10.0. The molecule has 0 saturated carbocycles. The highest BCUT2D eigenvalue weighted by molar-refractivity contribution is 6.22. The first-order valence-electron chi connectivity index (χ1n) is 8.97. The summed E-state index contributed by atoms with van der Waals surface area (Å²) in [5, 5.41) is 0. The maximum absolute atomic E-state index is 12.7. The number of anilines is 2. The topological polar surface area (TPSA) is 23.6 Å². The molecule has 24 heavy (non-hydrogen) atoms. The van der Waals surface area contributed by atoms with Gasteiger partial charge in [0.25, 0.3) is 0 Å². The Balaban J connectivity index is 2.11. The fraction of sp³-hybridized carbons (Fsp3) is 0.381. The summed E-state index contributed by atoms with van der Waals surface area (Å²) in [6.45, 7) is 12.5. The van der Waals surface area contributed by atoms with Gasteiger partial charge in [-0.3, -0.25) is 4.79 Å². The van der Waals surface area contributed by atoms with Crippen LogP contribution in [-0.4, -0.2) is 32.0 Å². The summed E-state index contributed by atoms with van der Waals surface area (Å²) in [4.78, 5) is 17.3. The molecule has 0 radical (unpaired) electrons. The van der Waals surface area contributed by atoms with Crippen LogP contribution < -0.4 is 9.80 Å². The van der Waals surface area contributed by atoms with Crippen LogP contribution in [0.4, 0.5) is 11.4 Å². The number of rotatable bonds is 6. The molecule has 2 aromatic carbocycles. The van der Waals surface area contributed by atoms with E-state index in [-0.39, 0.29) is 5.78 Å². The first-order valence-corrected chi connectivity index (χ1v) is 8.97. The Morgan fingerprint density at radius 3 is 1.33 bits per heavy atom. The van der Waals surface area contributed by atoms with Crippen LogP contribution in [0.5, 0.6) is 0 Å². The van der Waals surface area contributed by atoms with Crippen molar-refractivity contribution >= 4 is 17.2 Å². The smallest absolute Gasteiger partial charge is 0.194 e. The lowest BCUT2D eigenvalue weighted by molar-refractivity contribution is 0.104. The number of fused-ring (bicyclic) bond motifs is 3. The van der Waals surface area contributed by atoms with Gasteiger partial charge in [0.2, 0.25) is 0 Å². The fourth-order valence-electron chi connectivity index (χ4n) is 3.62. The predicted molar refractivity (Wildman–Crippen MR) is 102 cm³/mol. The van der Waals surface area contributed by atoms with Crippen LogP contribution in [0.3, 0.4) is 0 Å². The molecule has 3 heteroatoms. The van der Waals surface area contributed by atoms with Crippen molar-refractivity contribution in [1.82, 2.24) is 0 Å². The average Bonchev–Trinajstić information content (AvgIpc) is 2.89. The predicted octanol–water partition coefficient (Wildman–Crippen LogP) is 4.59. The summed E-state index contributed by atoms with van der Waals surface area (Å²) in [6, 6.07) is 12.5. The molecule has 3 nitrogen and oxygen atoms in total. The van der Waals surface area contributed by atoms with Crippen molar-refractivity contribution in [3.63, 3.8) is 0 Å². The van der Waals surface area contributed by atoms with E-state index < -0.39 is 0 Å². The summed E-state index contributed by atoms with van der Waals surface area (Å²) in [6.07, 6.45) is 0. The zero-order valence-electron chi connectivity index (χ0n) is 15.1. The van der Waals surface area contributed by atoms with E-state index in [0.717, 1.165) is 48.4 Å². The van der Waals surface area contributed by atoms with E-state index in [4.69, 9.17) is 0 Å². The summed E-state index contributed by atoms with van der Waals surface area (Å²) >= 11 is 0. The molecule has 0 heterocycles. The molecule has 3 rings (SSSR count). The molecule has 0 saturated heterocycles. The van der Waals surface area contributed by atoms with Gasteiger partial charge in [-0.25, -0.2) is 0 Å². The number of hydrogen-bond donors (Lipinski definition) is 0. The van der Waals surface area contributed by atoms with E-state index in [1.165, 1.54) is 11.4 Å². The molecule has 0 unspecified atom stereocenters. The van der Waals surface area contributed by atoms with Crippen LogP contribution in [0.25, 0.3) is 11.1 Å². The third-order valence-electron chi connectivity index (χ3n) is 5.04. The largest absolute Gasteiger partial charge is 0.372 e. The van der Waals surface area contributed by atoms with Crippen LogP contribution in [-0.2, 0) is 0 Å². The van der Waals surface area contributed by atoms with Gasteiger partial charge in [0.05, 0.1) is 0 Å². The van der Waals surface area contributed by atoms with Gasteiger partial charge in [-0.1, -0.05) is 0 Å². The summed E-state index contributed by atoms with van der Waals surface area (Å²) in [5.41, 5.74) is 6.19. The molecule has 0 atom stereocenters. The minimum atomic E-state index is 0.150. The van der Waals surface area contributed by atoms with Crippen molar-refractivity contribution in [3.8, 4) is 11.1 Å². The van der Waals surface area contributed by atoms with Crippen LogP contribution in [0.2, 0.25) is 0 Å². The molecule has 0 bridgehead atoms. The van der Waals surface area contributed by atoms with E-state index in [2.05, 4.69) is 61.8 Å². The molecule has 0 N–H and O–H groups in total. The minimum absolute atomic E-state index is 0.150. The Morgan fingerprint density at radius 1 is 0.625 bits per heavy atom. The fourth-order valence-corrected chi connectivity index (χ4v) is 3.62. The molecule has 0 amide bonds. The van der Waals surface area contributed by atoms with Crippen LogP contribution in [0.1, 0.15) is 43.6 Å². The molecule has 0 spiro atoms. The van der Waals surface area contributed by atoms with Gasteiger partial charge in [-0.15, -0.1) is 0 Å². The molecule has 1 aliphatic carbocycles. The van der Waals surface area contributed by atoms with Crippen LogP contribution in [0, 0.1) is 0 Å². The van der Waals surface area contributed by atoms with Gasteiger partial charge >= 0.3 is 0 Å². The van der Waals surface area contributed by atoms with Crippen LogP contribution in [0.15, 0.2) is 36.4 Å². The van der Waals surface area contributed by atoms with Gasteiger partial charge in [0.15, 0.2) is 5.78 Å². The highest BCUT2D eigenvalue weighted by atomic mass is 16.1. The highest BCUT2D eigenvalue weighted by Gasteiger charge is 2.27. The molecule has 2 aromatic rings. The monoisotopic (exact) mass is 322 g/mol. The second-order valence-electron chi connectivity index (χ2n) is 6.13. The number of ketones is 1. The molecular weight excluding hydrogens is 296 g/mol. The lowest BCUT2D eigenvalue weighted by Crippen LogP contribution is -2.22. The minimum Gasteiger partial charge on any atom is -0.372 e. The van der Waals surface area contributed by atoms with E-state index in [9.17, 15) is 4.79 Å². The molecule has 0 fully saturated rings. The average molecular weight is 322 g/mol. The van der Waals surface area contributed by atoms with Crippen molar-refractivity contribution in [1.29, 1.82) is 0 Å². The van der Waals surface area contributed by atoms with Crippen molar-refractivity contribution in [2.45, 2.75) is 27.7 Å². The normalized spacial score (nSPS) is 12.1. The summed E-state index contributed by atoms with van der Waals surface area (Å²) in [7, 11) is 0. The molecule has 126 valence electrons. The van der Waals surface area contributed by atoms with Gasteiger partial charge in [0, 0.05) is 48.7 Å². The first-order chi connectivity index (χ1) is 11.6. The van der Waals surface area contributed by atoms with Crippen molar-refractivity contribution < 1.29 is 4.79 Å². The third kappa shape index (κ3) is 2.58. The van der Waals surface area contributed by atoms with E-state index in [0.29, 0.717) is 0 Å². The summed E-state index contributed by atoms with van der Waals surface area (Å²) < 4.78 is 0. The Hall–Kier alpha value is -2.29. The Labute approximate surface area is 144 Å². The van der Waals surface area contributed by atoms with Gasteiger partial charge < -0.3 is 9.80 Å². The number of carbonyl (C=O) groups excluding carboxylic acids is 1. The Kier molecular flexibility index (Phi) is 4.61. The molecular formula is C21H26N2O. The Bertz CT molecular complexity index is 695. The van der Waals surface area contributed by atoms with Gasteiger partial charge in [-0.05, 0) is 75.2 Å². The third-order valence-corrected chi connectivity index (χ3v) is 5.04. The van der Waals surface area contributed by atoms with Gasteiger partial charge in [0.1, 0.15) is 0 Å². The highest BCUT2D eigenvalue weighted by Crippen LogP contribution is 2.40. The molecule has 1 aliphatic rings. The number of nitrogens with zero attached hydrogens (tertiary/aromatic N) is 2.